The summed E-state index contributed by atoms with van der Waals surface area (Å²) in [5, 5.41) is 0. The van der Waals surface area contributed by atoms with Crippen LogP contribution in [0, 0.1) is 5.92 Å². The number of rotatable bonds is 1. The quantitative estimate of drug-likeness (QED) is 0.712. The highest BCUT2D eigenvalue weighted by molar-refractivity contribution is 6.27. The third kappa shape index (κ3) is 2.05. The van der Waals surface area contributed by atoms with E-state index in [-0.39, 0.29) is 5.78 Å². The maximum absolute atomic E-state index is 12.4. The SMILES string of the molecule is NC(=O)C1C(=O)c2ccncc2N=C1N1CCOCC1. The molecule has 1 aromatic rings. The molecule has 1 atom stereocenters. The molecule has 1 amide bonds. The van der Waals surface area contributed by atoms with Gasteiger partial charge in [-0.05, 0) is 6.07 Å². The number of aromatic nitrogens is 1. The van der Waals surface area contributed by atoms with Crippen LogP contribution in [0.4, 0.5) is 5.69 Å². The first-order valence-electron chi connectivity index (χ1n) is 6.37. The zero-order valence-electron chi connectivity index (χ0n) is 10.8. The smallest absolute Gasteiger partial charge is 0.236 e. The van der Waals surface area contributed by atoms with Gasteiger partial charge < -0.3 is 15.4 Å². The van der Waals surface area contributed by atoms with Gasteiger partial charge in [0.25, 0.3) is 0 Å². The Bertz CT molecular complexity index is 593. The summed E-state index contributed by atoms with van der Waals surface area (Å²) in [6.07, 6.45) is 3.02. The standard InChI is InChI=1S/C13H14N4O3/c14-12(19)10-11(18)8-1-2-15-7-9(8)16-13(10)17-3-5-20-6-4-17/h1-2,7,10H,3-6H2,(H2,14,19). The van der Waals surface area contributed by atoms with E-state index in [1.165, 1.54) is 12.4 Å². The molecule has 0 bridgehead atoms. The fourth-order valence-corrected chi connectivity index (χ4v) is 2.45. The van der Waals surface area contributed by atoms with E-state index in [1.54, 1.807) is 6.07 Å². The molecule has 2 aliphatic rings. The maximum atomic E-state index is 12.4. The number of hydrogen-bond acceptors (Lipinski definition) is 6. The van der Waals surface area contributed by atoms with Crippen LogP contribution in [0.25, 0.3) is 0 Å². The van der Waals surface area contributed by atoms with Crippen molar-refractivity contribution in [2.24, 2.45) is 16.6 Å². The molecule has 1 aromatic heterocycles. The molecule has 0 aliphatic carbocycles. The van der Waals surface area contributed by atoms with Crippen molar-refractivity contribution in [2.75, 3.05) is 26.3 Å². The molecule has 7 nitrogen and oxygen atoms in total. The highest BCUT2D eigenvalue weighted by atomic mass is 16.5. The van der Waals surface area contributed by atoms with Crippen molar-refractivity contribution in [3.05, 3.63) is 24.0 Å². The molecule has 2 N–H and O–H groups in total. The zero-order valence-corrected chi connectivity index (χ0v) is 10.8. The average Bonchev–Trinajstić information content (AvgIpc) is 2.47. The first kappa shape index (κ1) is 12.7. The molecule has 3 rings (SSSR count). The maximum Gasteiger partial charge on any atom is 0.236 e. The molecule has 20 heavy (non-hydrogen) atoms. The number of primary amides is 1. The van der Waals surface area contributed by atoms with Crippen LogP contribution >= 0.6 is 0 Å². The summed E-state index contributed by atoms with van der Waals surface area (Å²) < 4.78 is 5.27. The first-order valence-corrected chi connectivity index (χ1v) is 6.37. The van der Waals surface area contributed by atoms with E-state index in [1.807, 2.05) is 4.90 Å². The van der Waals surface area contributed by atoms with E-state index in [0.717, 1.165) is 0 Å². The van der Waals surface area contributed by atoms with Crippen LogP contribution in [-0.2, 0) is 9.53 Å². The molecule has 0 spiro atoms. The lowest BCUT2D eigenvalue weighted by Crippen LogP contribution is -2.50. The number of nitrogens with zero attached hydrogens (tertiary/aromatic N) is 3. The second-order valence-corrected chi connectivity index (χ2v) is 4.66. The van der Waals surface area contributed by atoms with Crippen LogP contribution in [0.3, 0.4) is 0 Å². The summed E-state index contributed by atoms with van der Waals surface area (Å²) in [4.78, 5) is 34.4. The van der Waals surface area contributed by atoms with Gasteiger partial charge in [-0.15, -0.1) is 0 Å². The summed E-state index contributed by atoms with van der Waals surface area (Å²) in [6, 6.07) is 1.56. The summed E-state index contributed by atoms with van der Waals surface area (Å²) in [7, 11) is 0. The Kier molecular flexibility index (Phi) is 3.19. The summed E-state index contributed by atoms with van der Waals surface area (Å²) in [5.74, 6) is -1.61. The summed E-state index contributed by atoms with van der Waals surface area (Å²) in [6.45, 7) is 2.26. The van der Waals surface area contributed by atoms with Gasteiger partial charge in [-0.3, -0.25) is 14.6 Å². The van der Waals surface area contributed by atoms with Crippen LogP contribution in [0.15, 0.2) is 23.5 Å². The molecule has 7 heteroatoms. The Morgan fingerprint density at radius 2 is 2.15 bits per heavy atom. The highest BCUT2D eigenvalue weighted by Gasteiger charge is 2.38. The Morgan fingerprint density at radius 1 is 1.40 bits per heavy atom. The van der Waals surface area contributed by atoms with Crippen molar-refractivity contribution in [1.29, 1.82) is 0 Å². The van der Waals surface area contributed by atoms with Gasteiger partial charge in [0.05, 0.1) is 25.1 Å². The third-order valence-electron chi connectivity index (χ3n) is 3.44. The topological polar surface area (TPSA) is 97.9 Å². The first-order chi connectivity index (χ1) is 9.68. The highest BCUT2D eigenvalue weighted by Crippen LogP contribution is 2.29. The second kappa shape index (κ2) is 5.01. The lowest BCUT2D eigenvalue weighted by molar-refractivity contribution is -0.119. The van der Waals surface area contributed by atoms with Crippen LogP contribution in [0.1, 0.15) is 10.4 Å². The normalized spacial score (nSPS) is 22.2. The number of amidine groups is 1. The summed E-state index contributed by atoms with van der Waals surface area (Å²) in [5.41, 5.74) is 6.27. The number of amides is 1. The van der Waals surface area contributed by atoms with E-state index in [4.69, 9.17) is 10.5 Å². The molecule has 3 heterocycles. The number of aliphatic imine (C=N–C) groups is 1. The van der Waals surface area contributed by atoms with Crippen LogP contribution < -0.4 is 5.73 Å². The average molecular weight is 274 g/mol. The minimum atomic E-state index is -1.03. The van der Waals surface area contributed by atoms with Crippen molar-refractivity contribution in [3.8, 4) is 0 Å². The lowest BCUT2D eigenvalue weighted by Gasteiger charge is -2.34. The summed E-state index contributed by atoms with van der Waals surface area (Å²) >= 11 is 0. The number of Topliss-reactive ketones (excluding diaryl/α,β-unsaturated/α-hetero) is 1. The number of nitrogens with two attached hydrogens (primary N) is 1. The van der Waals surface area contributed by atoms with Crippen molar-refractivity contribution < 1.29 is 14.3 Å². The molecule has 1 saturated heterocycles. The van der Waals surface area contributed by atoms with Crippen molar-refractivity contribution in [3.63, 3.8) is 0 Å². The van der Waals surface area contributed by atoms with Gasteiger partial charge in [-0.2, -0.15) is 0 Å². The minimum absolute atomic E-state index is 0.314. The number of hydrogen-bond donors (Lipinski definition) is 1. The molecular formula is C13H14N4O3. The number of carbonyl (C=O) groups is 2. The molecule has 1 unspecified atom stereocenters. The fourth-order valence-electron chi connectivity index (χ4n) is 2.45. The van der Waals surface area contributed by atoms with Gasteiger partial charge in [0, 0.05) is 24.8 Å². The molecule has 2 aliphatic heterocycles. The third-order valence-corrected chi connectivity index (χ3v) is 3.44. The molecule has 0 radical (unpaired) electrons. The van der Waals surface area contributed by atoms with Crippen LogP contribution in [-0.4, -0.2) is 53.7 Å². The Morgan fingerprint density at radius 3 is 2.85 bits per heavy atom. The van der Waals surface area contributed by atoms with Gasteiger partial charge in [0.15, 0.2) is 11.7 Å². The van der Waals surface area contributed by atoms with Crippen molar-refractivity contribution in [2.45, 2.75) is 0 Å². The van der Waals surface area contributed by atoms with E-state index in [0.29, 0.717) is 43.4 Å². The minimum Gasteiger partial charge on any atom is -0.378 e. The van der Waals surface area contributed by atoms with E-state index in [2.05, 4.69) is 9.98 Å². The van der Waals surface area contributed by atoms with Gasteiger partial charge >= 0.3 is 0 Å². The Balaban J connectivity index is 2.06. The van der Waals surface area contributed by atoms with E-state index in [9.17, 15) is 9.59 Å². The fraction of sp³-hybridized carbons (Fsp3) is 0.385. The zero-order chi connectivity index (χ0) is 14.1. The number of carbonyl (C=O) groups excluding carboxylic acids is 2. The molecule has 104 valence electrons. The molecule has 0 aromatic carbocycles. The predicted molar refractivity (Wildman–Crippen MR) is 70.7 cm³/mol. The van der Waals surface area contributed by atoms with E-state index < -0.39 is 11.8 Å². The number of pyridine rings is 1. The lowest BCUT2D eigenvalue weighted by atomic mass is 9.92. The largest absolute Gasteiger partial charge is 0.378 e. The van der Waals surface area contributed by atoms with Gasteiger partial charge in [-0.1, -0.05) is 0 Å². The van der Waals surface area contributed by atoms with Gasteiger partial charge in [0.2, 0.25) is 5.91 Å². The van der Waals surface area contributed by atoms with Gasteiger partial charge in [0.1, 0.15) is 5.84 Å². The number of ketones is 1. The second-order valence-electron chi connectivity index (χ2n) is 4.66. The predicted octanol–water partition coefficient (Wildman–Crippen LogP) is -0.258. The van der Waals surface area contributed by atoms with Crippen molar-refractivity contribution >= 4 is 23.2 Å². The monoisotopic (exact) mass is 274 g/mol. The number of morpholine rings is 1. The molecule has 0 saturated carbocycles. The van der Waals surface area contributed by atoms with Crippen LogP contribution in [0.2, 0.25) is 0 Å². The number of fused-ring (bicyclic) bond motifs is 1. The van der Waals surface area contributed by atoms with Crippen LogP contribution in [0.5, 0.6) is 0 Å². The Hall–Kier alpha value is -2.28. The van der Waals surface area contributed by atoms with E-state index >= 15 is 0 Å². The van der Waals surface area contributed by atoms with Gasteiger partial charge in [-0.25, -0.2) is 4.99 Å². The number of ether oxygens (including phenoxy) is 1. The molecule has 1 fully saturated rings. The Labute approximate surface area is 115 Å². The van der Waals surface area contributed by atoms with Crippen molar-refractivity contribution in [1.82, 2.24) is 9.88 Å². The molecular weight excluding hydrogens is 260 g/mol.